The van der Waals surface area contributed by atoms with Gasteiger partial charge in [0, 0.05) is 11.8 Å². The van der Waals surface area contributed by atoms with Gasteiger partial charge in [-0.05, 0) is 24.3 Å². The Labute approximate surface area is 171 Å². The van der Waals surface area contributed by atoms with Crippen LogP contribution in [0.4, 0.5) is 11.4 Å². The Kier molecular flexibility index (Phi) is 4.76. The van der Waals surface area contributed by atoms with Gasteiger partial charge in [-0.2, -0.15) is 0 Å². The van der Waals surface area contributed by atoms with E-state index in [0.717, 1.165) is 4.90 Å². The number of hydrogen-bond donors (Lipinski definition) is 1. The molecule has 3 aromatic rings. The number of thioether (sulfide) groups is 1. The van der Waals surface area contributed by atoms with Crippen LogP contribution in [-0.4, -0.2) is 38.6 Å². The van der Waals surface area contributed by atoms with Crippen LogP contribution in [0, 0.1) is 10.1 Å². The summed E-state index contributed by atoms with van der Waals surface area (Å²) in [6.07, 6.45) is 0.0136. The molecule has 2 amide bonds. The zero-order valence-electron chi connectivity index (χ0n) is 14.5. The van der Waals surface area contributed by atoms with Gasteiger partial charge in [-0.3, -0.25) is 24.5 Å². The number of aromatic nitrogens is 1. The van der Waals surface area contributed by atoms with Crippen LogP contribution in [0.1, 0.15) is 27.1 Å². The summed E-state index contributed by atoms with van der Waals surface area (Å²) >= 11 is 2.63. The lowest BCUT2D eigenvalue weighted by Gasteiger charge is -2.13. The largest absolute Gasteiger partial charge is 0.481 e. The van der Waals surface area contributed by atoms with Crippen LogP contribution in [0.25, 0.3) is 10.2 Å². The van der Waals surface area contributed by atoms with Crippen molar-refractivity contribution in [1.29, 1.82) is 0 Å². The van der Waals surface area contributed by atoms with Crippen LogP contribution in [0.5, 0.6) is 0 Å². The van der Waals surface area contributed by atoms with Gasteiger partial charge < -0.3 is 5.11 Å². The molecule has 0 radical (unpaired) electrons. The minimum Gasteiger partial charge on any atom is -0.481 e. The molecular formula is C18H11N3O6S2. The normalized spacial score (nSPS) is 13.2. The lowest BCUT2D eigenvalue weighted by molar-refractivity contribution is -0.385. The molecule has 1 aliphatic heterocycles. The lowest BCUT2D eigenvalue weighted by Crippen LogP contribution is -2.29. The molecule has 11 heteroatoms. The second kappa shape index (κ2) is 7.26. The highest BCUT2D eigenvalue weighted by Gasteiger charge is 2.41. The van der Waals surface area contributed by atoms with Crippen molar-refractivity contribution in [3.63, 3.8) is 0 Å². The molecule has 0 bridgehead atoms. The molecule has 1 N–H and O–H groups in total. The van der Waals surface area contributed by atoms with Gasteiger partial charge in [0.25, 0.3) is 17.5 Å². The Hall–Kier alpha value is -3.31. The molecular weight excluding hydrogens is 418 g/mol. The standard InChI is InChI=1S/C18H11N3O6S2/c22-14(23)6-7-28-18-19-11-5-4-9(8-13(11)29-18)20-16(24)10-2-1-3-12(21(26)27)15(10)17(20)25/h1-5,8H,6-7H2,(H,22,23). The molecule has 0 spiro atoms. The highest BCUT2D eigenvalue weighted by Crippen LogP contribution is 2.37. The molecule has 0 saturated heterocycles. The van der Waals surface area contributed by atoms with E-state index in [0.29, 0.717) is 26.0 Å². The van der Waals surface area contributed by atoms with E-state index in [2.05, 4.69) is 4.98 Å². The summed E-state index contributed by atoms with van der Waals surface area (Å²) < 4.78 is 1.39. The predicted octanol–water partition coefficient (Wildman–Crippen LogP) is 3.57. The van der Waals surface area contributed by atoms with Crippen LogP contribution in [0.3, 0.4) is 0 Å². The first-order chi connectivity index (χ1) is 13.9. The second-order valence-electron chi connectivity index (χ2n) is 6.03. The van der Waals surface area contributed by atoms with Crippen LogP contribution in [0.15, 0.2) is 40.7 Å². The maximum Gasteiger partial charge on any atom is 0.304 e. The number of anilines is 1. The molecule has 1 aromatic heterocycles. The number of imide groups is 1. The van der Waals surface area contributed by atoms with Gasteiger partial charge in [-0.1, -0.05) is 17.8 Å². The molecule has 0 fully saturated rings. The molecule has 2 heterocycles. The quantitative estimate of drug-likeness (QED) is 0.272. The molecule has 0 saturated carbocycles. The number of carbonyl (C=O) groups excluding carboxylic acids is 2. The summed E-state index contributed by atoms with van der Waals surface area (Å²) in [5.41, 5.74) is 0.331. The molecule has 2 aromatic carbocycles. The number of carbonyl (C=O) groups is 3. The Balaban J connectivity index is 1.67. The van der Waals surface area contributed by atoms with E-state index in [1.54, 1.807) is 18.2 Å². The summed E-state index contributed by atoms with van der Waals surface area (Å²) in [6.45, 7) is 0. The maximum atomic E-state index is 12.8. The third kappa shape index (κ3) is 3.34. The fourth-order valence-corrected chi connectivity index (χ4v) is 5.07. The number of carboxylic acids is 1. The predicted molar refractivity (Wildman–Crippen MR) is 107 cm³/mol. The minimum atomic E-state index is -0.888. The Morgan fingerprint density at radius 3 is 2.76 bits per heavy atom. The minimum absolute atomic E-state index is 0.00137. The Bertz CT molecular complexity index is 1210. The zero-order valence-corrected chi connectivity index (χ0v) is 16.2. The smallest absolute Gasteiger partial charge is 0.304 e. The number of thiazole rings is 1. The van der Waals surface area contributed by atoms with Crippen molar-refractivity contribution >= 4 is 62.5 Å². The van der Waals surface area contributed by atoms with Crippen LogP contribution >= 0.6 is 23.1 Å². The van der Waals surface area contributed by atoms with Gasteiger partial charge in [0.1, 0.15) is 5.56 Å². The maximum absolute atomic E-state index is 12.8. The van der Waals surface area contributed by atoms with E-state index in [4.69, 9.17) is 5.11 Å². The Morgan fingerprint density at radius 2 is 2.03 bits per heavy atom. The van der Waals surface area contributed by atoms with E-state index in [1.165, 1.54) is 41.3 Å². The van der Waals surface area contributed by atoms with Gasteiger partial charge in [-0.25, -0.2) is 9.88 Å². The topological polar surface area (TPSA) is 131 Å². The number of hydrogen-bond acceptors (Lipinski definition) is 8. The summed E-state index contributed by atoms with van der Waals surface area (Å²) in [5, 5.41) is 20.0. The van der Waals surface area contributed by atoms with Crippen LogP contribution in [-0.2, 0) is 4.79 Å². The van der Waals surface area contributed by atoms with Gasteiger partial charge in [0.05, 0.1) is 32.8 Å². The van der Waals surface area contributed by atoms with Crippen LogP contribution in [0.2, 0.25) is 0 Å². The fourth-order valence-electron chi connectivity index (χ4n) is 2.97. The van der Waals surface area contributed by atoms with Crippen molar-refractivity contribution in [2.45, 2.75) is 10.8 Å². The average molecular weight is 429 g/mol. The number of rotatable bonds is 6. The average Bonchev–Trinajstić information content (AvgIpc) is 3.19. The van der Waals surface area contributed by atoms with Crippen molar-refractivity contribution in [2.75, 3.05) is 10.7 Å². The fraction of sp³-hybridized carbons (Fsp3) is 0.111. The molecule has 0 aliphatic carbocycles. The molecule has 0 atom stereocenters. The third-order valence-corrected chi connectivity index (χ3v) is 6.40. The monoisotopic (exact) mass is 429 g/mol. The highest BCUT2D eigenvalue weighted by atomic mass is 32.2. The molecule has 146 valence electrons. The first kappa shape index (κ1) is 19.0. The summed E-state index contributed by atoms with van der Waals surface area (Å²) in [6, 6.07) is 8.80. The SMILES string of the molecule is O=C(O)CCSc1nc2ccc(N3C(=O)c4cccc([N+](=O)[O-])c4C3=O)cc2s1. The van der Waals surface area contributed by atoms with Crippen molar-refractivity contribution in [2.24, 2.45) is 0 Å². The van der Waals surface area contributed by atoms with Gasteiger partial charge >= 0.3 is 5.97 Å². The van der Waals surface area contributed by atoms with E-state index >= 15 is 0 Å². The van der Waals surface area contributed by atoms with E-state index in [-0.39, 0.29) is 17.5 Å². The molecule has 9 nitrogen and oxygen atoms in total. The van der Waals surface area contributed by atoms with Crippen molar-refractivity contribution < 1.29 is 24.4 Å². The van der Waals surface area contributed by atoms with Crippen molar-refractivity contribution in [1.82, 2.24) is 4.98 Å². The number of carboxylic acid groups (broad SMARTS) is 1. The number of aliphatic carboxylic acids is 1. The Morgan fingerprint density at radius 1 is 1.24 bits per heavy atom. The third-order valence-electron chi connectivity index (χ3n) is 4.24. The number of nitrogens with zero attached hydrogens (tertiary/aromatic N) is 3. The van der Waals surface area contributed by atoms with E-state index in [9.17, 15) is 24.5 Å². The van der Waals surface area contributed by atoms with E-state index in [1.807, 2.05) is 0 Å². The molecule has 29 heavy (non-hydrogen) atoms. The first-order valence-corrected chi connectivity index (χ1v) is 10.1. The number of nitro benzene ring substituents is 1. The zero-order chi connectivity index (χ0) is 20.7. The molecule has 0 unspecified atom stereocenters. The number of amides is 2. The summed E-state index contributed by atoms with van der Waals surface area (Å²) in [4.78, 5) is 52.1. The number of nitro groups is 1. The summed E-state index contributed by atoms with van der Waals surface area (Å²) in [7, 11) is 0. The molecule has 4 rings (SSSR count). The van der Waals surface area contributed by atoms with Crippen molar-refractivity contribution in [3.05, 3.63) is 57.6 Å². The molecule has 1 aliphatic rings. The summed E-state index contributed by atoms with van der Waals surface area (Å²) in [5.74, 6) is -1.86. The van der Waals surface area contributed by atoms with Crippen LogP contribution < -0.4 is 4.90 Å². The van der Waals surface area contributed by atoms with E-state index < -0.39 is 28.4 Å². The second-order valence-corrected chi connectivity index (χ2v) is 8.40. The van der Waals surface area contributed by atoms with Crippen molar-refractivity contribution in [3.8, 4) is 0 Å². The number of benzene rings is 2. The van der Waals surface area contributed by atoms with Gasteiger partial charge in [-0.15, -0.1) is 11.3 Å². The highest BCUT2D eigenvalue weighted by molar-refractivity contribution is 8.01. The lowest BCUT2D eigenvalue weighted by atomic mass is 10.1. The van der Waals surface area contributed by atoms with Gasteiger partial charge in [0.2, 0.25) is 0 Å². The number of fused-ring (bicyclic) bond motifs is 2. The van der Waals surface area contributed by atoms with Gasteiger partial charge in [0.15, 0.2) is 4.34 Å². The first-order valence-electron chi connectivity index (χ1n) is 8.28.